The number of hydrogen-bond acceptors (Lipinski definition) is 6. The van der Waals surface area contributed by atoms with Gasteiger partial charge in [-0.3, -0.25) is 0 Å². The molecule has 11 heteroatoms. The summed E-state index contributed by atoms with van der Waals surface area (Å²) in [7, 11) is 0.449. The van der Waals surface area contributed by atoms with E-state index in [1.54, 1.807) is 12.1 Å². The van der Waals surface area contributed by atoms with Crippen molar-refractivity contribution in [2.45, 2.75) is 11.1 Å². The minimum absolute atomic E-state index is 0.120. The molecule has 0 N–H and O–H groups in total. The zero-order valence-corrected chi connectivity index (χ0v) is 18.1. The standard InChI is InChI=1S/C20H23F3N2O5S/c1-28-17-12-15(13-18(29-2)19(17)30-3)24-7-9-25(10-8-24)31(26,27)16-6-4-5-14(11-16)20(21,22)23/h4-6,11-13H,7-10H2,1-3H3. The Balaban J connectivity index is 1.79. The average molecular weight is 460 g/mol. The highest BCUT2D eigenvalue weighted by Gasteiger charge is 2.34. The second kappa shape index (κ2) is 8.83. The lowest BCUT2D eigenvalue weighted by Gasteiger charge is -2.35. The van der Waals surface area contributed by atoms with Gasteiger partial charge in [-0.1, -0.05) is 6.07 Å². The summed E-state index contributed by atoms with van der Waals surface area (Å²) in [5.74, 6) is 1.38. The molecular weight excluding hydrogens is 437 g/mol. The minimum Gasteiger partial charge on any atom is -0.493 e. The van der Waals surface area contributed by atoms with Crippen LogP contribution in [0.2, 0.25) is 0 Å². The molecule has 1 fully saturated rings. The number of nitrogens with zero attached hydrogens (tertiary/aromatic N) is 2. The summed E-state index contributed by atoms with van der Waals surface area (Å²) in [6.45, 7) is 0.929. The lowest BCUT2D eigenvalue weighted by molar-refractivity contribution is -0.137. The van der Waals surface area contributed by atoms with E-state index >= 15 is 0 Å². The SMILES string of the molecule is COc1cc(N2CCN(S(=O)(=O)c3cccc(C(F)(F)F)c3)CC2)cc(OC)c1OC. The third-order valence-electron chi connectivity index (χ3n) is 5.05. The van der Waals surface area contributed by atoms with E-state index in [9.17, 15) is 21.6 Å². The second-order valence-corrected chi connectivity index (χ2v) is 8.74. The van der Waals surface area contributed by atoms with E-state index in [0.717, 1.165) is 17.8 Å². The largest absolute Gasteiger partial charge is 0.493 e. The number of piperazine rings is 1. The van der Waals surface area contributed by atoms with Crippen LogP contribution in [0.5, 0.6) is 17.2 Å². The lowest BCUT2D eigenvalue weighted by Crippen LogP contribution is -2.48. The Labute approximate surface area is 179 Å². The van der Waals surface area contributed by atoms with Gasteiger partial charge in [0.05, 0.1) is 31.8 Å². The van der Waals surface area contributed by atoms with Crippen molar-refractivity contribution in [2.75, 3.05) is 52.4 Å². The number of sulfonamides is 1. The smallest absolute Gasteiger partial charge is 0.416 e. The van der Waals surface area contributed by atoms with E-state index in [1.165, 1.54) is 31.7 Å². The van der Waals surface area contributed by atoms with Gasteiger partial charge in [0.25, 0.3) is 0 Å². The molecule has 0 aliphatic carbocycles. The summed E-state index contributed by atoms with van der Waals surface area (Å²) in [6.07, 6.45) is -4.61. The molecule has 0 radical (unpaired) electrons. The molecule has 2 aromatic rings. The van der Waals surface area contributed by atoms with Crippen molar-refractivity contribution in [3.05, 3.63) is 42.0 Å². The van der Waals surface area contributed by atoms with Crippen LogP contribution in [0.1, 0.15) is 5.56 Å². The highest BCUT2D eigenvalue weighted by atomic mass is 32.2. The van der Waals surface area contributed by atoms with Gasteiger partial charge in [0, 0.05) is 44.0 Å². The van der Waals surface area contributed by atoms with Crippen molar-refractivity contribution in [3.8, 4) is 17.2 Å². The van der Waals surface area contributed by atoms with Crippen molar-refractivity contribution in [3.63, 3.8) is 0 Å². The number of anilines is 1. The molecule has 1 saturated heterocycles. The van der Waals surface area contributed by atoms with Crippen LogP contribution >= 0.6 is 0 Å². The minimum atomic E-state index is -4.61. The summed E-state index contributed by atoms with van der Waals surface area (Å²) < 4.78 is 81.9. The molecule has 3 rings (SSSR count). The number of halogens is 3. The number of rotatable bonds is 6. The first-order chi connectivity index (χ1) is 14.6. The summed E-state index contributed by atoms with van der Waals surface area (Å²) in [4.78, 5) is 1.58. The summed E-state index contributed by atoms with van der Waals surface area (Å²) in [6, 6.07) is 7.32. The predicted octanol–water partition coefficient (Wildman–Crippen LogP) is 3.24. The predicted molar refractivity (Wildman–Crippen MR) is 109 cm³/mol. The molecular formula is C20H23F3N2O5S. The summed E-state index contributed by atoms with van der Waals surface area (Å²) in [5, 5.41) is 0. The number of ether oxygens (including phenoxy) is 3. The molecule has 2 aromatic carbocycles. The maximum atomic E-state index is 13.0. The fraction of sp³-hybridized carbons (Fsp3) is 0.400. The average Bonchev–Trinajstić information content (AvgIpc) is 2.77. The van der Waals surface area contributed by atoms with Crippen LogP contribution in [0.3, 0.4) is 0 Å². The number of hydrogen-bond donors (Lipinski definition) is 0. The maximum absolute atomic E-state index is 13.0. The molecule has 0 saturated carbocycles. The Kier molecular flexibility index (Phi) is 6.56. The van der Waals surface area contributed by atoms with Crippen LogP contribution < -0.4 is 19.1 Å². The molecule has 0 atom stereocenters. The van der Waals surface area contributed by atoms with Crippen LogP contribution in [0.4, 0.5) is 18.9 Å². The van der Waals surface area contributed by atoms with Crippen molar-refractivity contribution >= 4 is 15.7 Å². The Hall–Kier alpha value is -2.66. The fourth-order valence-corrected chi connectivity index (χ4v) is 4.89. The van der Waals surface area contributed by atoms with E-state index < -0.39 is 21.8 Å². The van der Waals surface area contributed by atoms with Crippen LogP contribution in [-0.2, 0) is 16.2 Å². The van der Waals surface area contributed by atoms with Gasteiger partial charge in [0.1, 0.15) is 0 Å². The van der Waals surface area contributed by atoms with Crippen LogP contribution in [0.15, 0.2) is 41.3 Å². The Bertz CT molecular complexity index is 1010. The van der Waals surface area contributed by atoms with Crippen molar-refractivity contribution < 1.29 is 35.8 Å². The van der Waals surface area contributed by atoms with Gasteiger partial charge in [-0.15, -0.1) is 0 Å². The van der Waals surface area contributed by atoms with Crippen LogP contribution in [-0.4, -0.2) is 60.2 Å². The number of alkyl halides is 3. The third-order valence-corrected chi connectivity index (χ3v) is 6.95. The summed E-state index contributed by atoms with van der Waals surface area (Å²) >= 11 is 0. The molecule has 31 heavy (non-hydrogen) atoms. The molecule has 0 amide bonds. The van der Waals surface area contributed by atoms with E-state index in [-0.39, 0.29) is 18.0 Å². The first-order valence-electron chi connectivity index (χ1n) is 9.34. The van der Waals surface area contributed by atoms with Crippen LogP contribution in [0, 0.1) is 0 Å². The quantitative estimate of drug-likeness (QED) is 0.660. The Morgan fingerprint density at radius 3 is 1.94 bits per heavy atom. The van der Waals surface area contributed by atoms with Gasteiger partial charge >= 0.3 is 6.18 Å². The van der Waals surface area contributed by atoms with Gasteiger partial charge in [-0.05, 0) is 18.2 Å². The van der Waals surface area contributed by atoms with Gasteiger partial charge in [-0.25, -0.2) is 8.42 Å². The monoisotopic (exact) mass is 460 g/mol. The van der Waals surface area contributed by atoms with Crippen molar-refractivity contribution in [2.24, 2.45) is 0 Å². The zero-order chi connectivity index (χ0) is 22.8. The molecule has 7 nitrogen and oxygen atoms in total. The van der Waals surface area contributed by atoms with E-state index in [4.69, 9.17) is 14.2 Å². The molecule has 1 heterocycles. The molecule has 1 aliphatic rings. The first-order valence-corrected chi connectivity index (χ1v) is 10.8. The topological polar surface area (TPSA) is 68.3 Å². The van der Waals surface area contributed by atoms with Gasteiger partial charge in [0.2, 0.25) is 15.8 Å². The summed E-state index contributed by atoms with van der Waals surface area (Å²) in [5.41, 5.74) is -0.241. The van der Waals surface area contributed by atoms with Gasteiger partial charge in [-0.2, -0.15) is 17.5 Å². The fourth-order valence-electron chi connectivity index (χ4n) is 3.42. The molecule has 170 valence electrons. The van der Waals surface area contributed by atoms with E-state index in [1.807, 2.05) is 4.90 Å². The highest BCUT2D eigenvalue weighted by molar-refractivity contribution is 7.89. The number of benzene rings is 2. The number of methoxy groups -OCH3 is 3. The molecule has 0 aromatic heterocycles. The second-order valence-electron chi connectivity index (χ2n) is 6.80. The van der Waals surface area contributed by atoms with Crippen molar-refractivity contribution in [1.82, 2.24) is 4.31 Å². The Morgan fingerprint density at radius 1 is 0.871 bits per heavy atom. The molecule has 1 aliphatic heterocycles. The maximum Gasteiger partial charge on any atom is 0.416 e. The van der Waals surface area contributed by atoms with Crippen LogP contribution in [0.25, 0.3) is 0 Å². The molecule has 0 bridgehead atoms. The highest BCUT2D eigenvalue weighted by Crippen LogP contribution is 2.41. The first kappa shape index (κ1) is 23.0. The van der Waals surface area contributed by atoms with Gasteiger partial charge in [0.15, 0.2) is 11.5 Å². The van der Waals surface area contributed by atoms with E-state index in [0.29, 0.717) is 36.4 Å². The normalized spacial score (nSPS) is 15.6. The molecule has 0 unspecified atom stereocenters. The van der Waals surface area contributed by atoms with Gasteiger partial charge < -0.3 is 19.1 Å². The zero-order valence-electron chi connectivity index (χ0n) is 17.3. The lowest BCUT2D eigenvalue weighted by atomic mass is 10.2. The Morgan fingerprint density at radius 2 is 1.45 bits per heavy atom. The van der Waals surface area contributed by atoms with E-state index in [2.05, 4.69) is 0 Å². The third kappa shape index (κ3) is 4.67. The molecule has 0 spiro atoms. The van der Waals surface area contributed by atoms with Crippen molar-refractivity contribution in [1.29, 1.82) is 0 Å².